The first kappa shape index (κ1) is 32.4. The average Bonchev–Trinajstić information content (AvgIpc) is 2.83. The third-order valence-corrected chi connectivity index (χ3v) is 10.5. The molecule has 0 rings (SSSR count). The maximum atomic E-state index is 2.56. The molecule has 0 unspecified atom stereocenters. The van der Waals surface area contributed by atoms with Crippen molar-refractivity contribution in [2.75, 3.05) is 24.6 Å². The molecule has 0 aliphatic heterocycles. The molecular weight excluding hydrogens is 415 g/mol. The van der Waals surface area contributed by atoms with Crippen molar-refractivity contribution < 1.29 is 0 Å². The fourth-order valence-corrected chi connectivity index (χ4v) is 7.44. The van der Waals surface area contributed by atoms with E-state index in [1.165, 1.54) is 127 Å². The van der Waals surface area contributed by atoms with Crippen LogP contribution in [0.25, 0.3) is 0 Å². The van der Waals surface area contributed by atoms with Gasteiger partial charge in [-0.2, -0.15) is 0 Å². The van der Waals surface area contributed by atoms with Gasteiger partial charge in [-0.25, -0.2) is 0 Å². The van der Waals surface area contributed by atoms with E-state index in [4.69, 9.17) is 0 Å². The maximum absolute atomic E-state index is 2.56. The summed E-state index contributed by atoms with van der Waals surface area (Å²) in [6.07, 6.45) is 46.7. The first-order valence-corrected chi connectivity index (χ1v) is 17.2. The molecule has 192 valence electrons. The molecule has 0 saturated heterocycles. The van der Waals surface area contributed by atoms with Crippen molar-refractivity contribution in [3.63, 3.8) is 0 Å². The quantitative estimate of drug-likeness (QED) is 0.0739. The first-order valence-electron chi connectivity index (χ1n) is 14.7. The third kappa shape index (κ3) is 21.6. The molecule has 0 bridgehead atoms. The van der Waals surface area contributed by atoms with Gasteiger partial charge >= 0.3 is 0 Å². The van der Waals surface area contributed by atoms with E-state index in [-0.39, 0.29) is 0 Å². The molecule has 33 heavy (non-hydrogen) atoms. The second-order valence-corrected chi connectivity index (χ2v) is 14.1. The highest BCUT2D eigenvalue weighted by molar-refractivity contribution is 7.76. The van der Waals surface area contributed by atoms with Gasteiger partial charge in [-0.3, -0.25) is 0 Å². The minimum atomic E-state index is -1.07. The lowest BCUT2D eigenvalue weighted by Gasteiger charge is -2.23. The fourth-order valence-electron chi connectivity index (χ4n) is 4.16. The summed E-state index contributed by atoms with van der Waals surface area (Å²) in [6.45, 7) is 9.19. The van der Waals surface area contributed by atoms with Crippen LogP contribution in [0.1, 0.15) is 130 Å². The van der Waals surface area contributed by atoms with Crippen molar-refractivity contribution in [3.05, 3.63) is 48.6 Å². The Hall–Kier alpha value is -0.610. The van der Waals surface area contributed by atoms with Crippen molar-refractivity contribution in [3.8, 4) is 0 Å². The zero-order valence-corrected chi connectivity index (χ0v) is 24.1. The predicted octanol–water partition coefficient (Wildman–Crippen LogP) is 11.5. The van der Waals surface area contributed by atoms with Gasteiger partial charge in [-0.15, -0.1) is 0 Å². The Bertz CT molecular complexity index is 403. The smallest absolute Gasteiger partial charge is 0.0782 e. The highest BCUT2D eigenvalue weighted by atomic mass is 31.2. The normalized spacial score (nSPS) is 13.0. The summed E-state index contributed by atoms with van der Waals surface area (Å²) in [7, 11) is -1.07. The van der Waals surface area contributed by atoms with Crippen LogP contribution in [0.4, 0.5) is 0 Å². The van der Waals surface area contributed by atoms with E-state index in [1.54, 1.807) is 0 Å². The van der Waals surface area contributed by atoms with Crippen molar-refractivity contribution in [2.24, 2.45) is 0 Å². The fraction of sp³-hybridized carbons (Fsp3) is 0.750. The number of hydrogen-bond acceptors (Lipinski definition) is 0. The molecule has 0 N–H and O–H groups in total. The summed E-state index contributed by atoms with van der Waals surface area (Å²) >= 11 is 0. The van der Waals surface area contributed by atoms with Crippen LogP contribution in [0.2, 0.25) is 0 Å². The molecule has 0 aromatic carbocycles. The van der Waals surface area contributed by atoms with Crippen LogP contribution in [0, 0.1) is 0 Å². The second kappa shape index (κ2) is 26.0. The summed E-state index contributed by atoms with van der Waals surface area (Å²) in [4.78, 5) is 0. The van der Waals surface area contributed by atoms with Crippen molar-refractivity contribution in [1.29, 1.82) is 0 Å². The maximum Gasteiger partial charge on any atom is 0.0782 e. The lowest BCUT2D eigenvalue weighted by Crippen LogP contribution is -2.08. The Labute approximate surface area is 210 Å². The standard InChI is InChI=1S/C32H60P/c1-5-9-13-17-21-25-29-33(30-26-22-18-14-10-6-2,31-27-23-19-15-11-7-3)32-28-24-20-16-12-8-4/h21-28H,5-20,29-32H2,1-4H3/q+1/b25-21+,26-22+,27-23+,28-24+. The van der Waals surface area contributed by atoms with Crippen LogP contribution in [-0.4, -0.2) is 24.6 Å². The van der Waals surface area contributed by atoms with Crippen molar-refractivity contribution in [1.82, 2.24) is 0 Å². The predicted molar refractivity (Wildman–Crippen MR) is 160 cm³/mol. The molecule has 0 aromatic heterocycles. The van der Waals surface area contributed by atoms with Gasteiger partial charge in [0.25, 0.3) is 0 Å². The van der Waals surface area contributed by atoms with E-state index in [0.29, 0.717) is 0 Å². The van der Waals surface area contributed by atoms with Crippen LogP contribution in [0.15, 0.2) is 48.6 Å². The van der Waals surface area contributed by atoms with Crippen LogP contribution in [0.3, 0.4) is 0 Å². The summed E-state index contributed by atoms with van der Waals surface area (Å²) < 4.78 is 0. The molecule has 0 spiro atoms. The molecule has 0 aliphatic carbocycles. The summed E-state index contributed by atoms with van der Waals surface area (Å²) in [5.74, 6) is 0. The zero-order valence-electron chi connectivity index (χ0n) is 23.2. The Kier molecular flexibility index (Phi) is 25.5. The molecule has 0 heterocycles. The van der Waals surface area contributed by atoms with Gasteiger partial charge in [0.05, 0.1) is 24.6 Å². The molecule has 0 radical (unpaired) electrons. The van der Waals surface area contributed by atoms with Gasteiger partial charge in [-0.05, 0) is 51.4 Å². The molecule has 1 heteroatoms. The van der Waals surface area contributed by atoms with Gasteiger partial charge in [0.15, 0.2) is 0 Å². The van der Waals surface area contributed by atoms with Crippen LogP contribution < -0.4 is 0 Å². The number of allylic oxidation sites excluding steroid dienone is 8. The summed E-state index contributed by atoms with van der Waals surface area (Å²) in [5, 5.41) is 0. The largest absolute Gasteiger partial charge is 0.0850 e. The van der Waals surface area contributed by atoms with E-state index >= 15 is 0 Å². The Morgan fingerprint density at radius 2 is 0.576 bits per heavy atom. The summed E-state index contributed by atoms with van der Waals surface area (Å²) in [5.41, 5.74) is 0. The molecule has 0 aliphatic rings. The molecule has 0 saturated carbocycles. The molecule has 0 amide bonds. The lowest BCUT2D eigenvalue weighted by molar-refractivity contribution is 0.728. The Morgan fingerprint density at radius 1 is 0.333 bits per heavy atom. The summed E-state index contributed by atoms with van der Waals surface area (Å²) in [6, 6.07) is 0. The highest BCUT2D eigenvalue weighted by Crippen LogP contribution is 2.59. The van der Waals surface area contributed by atoms with Gasteiger partial charge in [0.1, 0.15) is 0 Å². The molecule has 0 fully saturated rings. The minimum Gasteiger partial charge on any atom is -0.0850 e. The molecule has 0 aromatic rings. The topological polar surface area (TPSA) is 0 Å². The Balaban J connectivity index is 5.18. The van der Waals surface area contributed by atoms with Gasteiger partial charge in [-0.1, -0.05) is 128 Å². The number of hydrogen-bond donors (Lipinski definition) is 0. The monoisotopic (exact) mass is 475 g/mol. The lowest BCUT2D eigenvalue weighted by atomic mass is 10.2. The van der Waals surface area contributed by atoms with E-state index < -0.39 is 7.26 Å². The van der Waals surface area contributed by atoms with E-state index in [0.717, 1.165) is 0 Å². The first-order chi connectivity index (χ1) is 16.2. The van der Waals surface area contributed by atoms with Gasteiger partial charge in [0.2, 0.25) is 0 Å². The van der Waals surface area contributed by atoms with Crippen LogP contribution in [-0.2, 0) is 0 Å². The number of unbranched alkanes of at least 4 members (excludes halogenated alkanes) is 12. The molecular formula is C32H60P+. The van der Waals surface area contributed by atoms with Gasteiger partial charge in [0, 0.05) is 7.26 Å². The number of rotatable bonds is 24. The Morgan fingerprint density at radius 3 is 0.788 bits per heavy atom. The van der Waals surface area contributed by atoms with Crippen LogP contribution >= 0.6 is 7.26 Å². The van der Waals surface area contributed by atoms with E-state index in [2.05, 4.69) is 76.3 Å². The average molecular weight is 476 g/mol. The second-order valence-electron chi connectivity index (χ2n) is 9.94. The van der Waals surface area contributed by atoms with E-state index in [9.17, 15) is 0 Å². The highest BCUT2D eigenvalue weighted by Gasteiger charge is 2.32. The van der Waals surface area contributed by atoms with E-state index in [1.807, 2.05) is 0 Å². The molecule has 0 nitrogen and oxygen atoms in total. The third-order valence-electron chi connectivity index (χ3n) is 6.53. The molecule has 0 atom stereocenters. The van der Waals surface area contributed by atoms with Gasteiger partial charge < -0.3 is 0 Å². The van der Waals surface area contributed by atoms with Crippen LogP contribution in [0.5, 0.6) is 0 Å². The SMILES string of the molecule is CCCCC/C=C/C[P+](C/C=C/CCCCC)(C/C=C/CCCCC)C/C=C/CCCCC. The zero-order chi connectivity index (χ0) is 24.3. The van der Waals surface area contributed by atoms with Crippen molar-refractivity contribution >= 4 is 7.26 Å². The van der Waals surface area contributed by atoms with Crippen molar-refractivity contribution in [2.45, 2.75) is 130 Å². The minimum absolute atomic E-state index is 1.07.